The van der Waals surface area contributed by atoms with E-state index in [1.54, 1.807) is 0 Å². The van der Waals surface area contributed by atoms with Crippen molar-refractivity contribution in [3.8, 4) is 0 Å². The second kappa shape index (κ2) is 13.5. The van der Waals surface area contributed by atoms with E-state index in [4.69, 9.17) is 4.98 Å². The smallest absolute Gasteiger partial charge is 0.320 e. The summed E-state index contributed by atoms with van der Waals surface area (Å²) in [6.07, 6.45) is 6.01. The minimum absolute atomic E-state index is 0.00474. The van der Waals surface area contributed by atoms with Gasteiger partial charge in [-0.25, -0.2) is 9.78 Å². The highest BCUT2D eigenvalue weighted by Gasteiger charge is 2.23. The number of aromatic nitrogens is 2. The number of hydrogen-bond donors (Lipinski definition) is 4. The molecule has 8 nitrogen and oxygen atoms in total. The Labute approximate surface area is 241 Å². The number of urea groups is 1. The van der Waals surface area contributed by atoms with Crippen LogP contribution in [0.2, 0.25) is 0 Å². The third-order valence-electron chi connectivity index (χ3n) is 7.69. The average molecular weight is 553 g/mol. The molecule has 0 atom stereocenters. The first kappa shape index (κ1) is 28.4. The topological polar surface area (TPSA) is 102 Å². The minimum atomic E-state index is -0.305. The van der Waals surface area contributed by atoms with E-state index in [0.717, 1.165) is 48.1 Å². The van der Waals surface area contributed by atoms with E-state index in [0.29, 0.717) is 56.0 Å². The zero-order valence-corrected chi connectivity index (χ0v) is 24.1. The number of amides is 3. The molecular formula is C33H40N6O2. The molecule has 41 heavy (non-hydrogen) atoms. The molecule has 1 fully saturated rings. The second-order valence-electron chi connectivity index (χ2n) is 10.6. The van der Waals surface area contributed by atoms with E-state index in [9.17, 15) is 9.59 Å². The molecule has 2 aromatic heterocycles. The molecule has 0 unspecified atom stereocenters. The quantitative estimate of drug-likeness (QED) is 0.220. The number of rotatable bonds is 10. The number of aromatic amines is 1. The fraction of sp³-hybridized carbons (Fsp3) is 0.364. The van der Waals surface area contributed by atoms with Gasteiger partial charge >= 0.3 is 6.03 Å². The molecule has 0 spiro atoms. The van der Waals surface area contributed by atoms with E-state index in [-0.39, 0.29) is 11.9 Å². The van der Waals surface area contributed by atoms with Crippen molar-refractivity contribution in [3.63, 3.8) is 0 Å². The third-order valence-corrected chi connectivity index (χ3v) is 7.69. The van der Waals surface area contributed by atoms with Gasteiger partial charge in [0, 0.05) is 61.8 Å². The molecule has 4 aromatic rings. The average Bonchev–Trinajstić information content (AvgIpc) is 3.42. The molecular weight excluding hydrogens is 512 g/mol. The lowest BCUT2D eigenvalue weighted by atomic mass is 9.99. The van der Waals surface area contributed by atoms with Gasteiger partial charge in [-0.15, -0.1) is 0 Å². The van der Waals surface area contributed by atoms with Crippen LogP contribution in [0.1, 0.15) is 58.6 Å². The number of benzene rings is 2. The summed E-state index contributed by atoms with van der Waals surface area (Å²) in [4.78, 5) is 36.6. The third kappa shape index (κ3) is 6.95. The van der Waals surface area contributed by atoms with Gasteiger partial charge in [0.25, 0.3) is 5.91 Å². The monoisotopic (exact) mass is 552 g/mol. The molecule has 3 amide bonds. The number of H-pyrrole nitrogens is 1. The second-order valence-corrected chi connectivity index (χ2v) is 10.6. The van der Waals surface area contributed by atoms with Crippen LogP contribution < -0.4 is 16.0 Å². The maximum absolute atomic E-state index is 13.5. The lowest BCUT2D eigenvalue weighted by Gasteiger charge is -2.28. The normalized spacial score (nSPS) is 13.4. The Hall–Kier alpha value is -4.17. The van der Waals surface area contributed by atoms with Gasteiger partial charge in [0.15, 0.2) is 0 Å². The van der Waals surface area contributed by atoms with Crippen LogP contribution in [0.4, 0.5) is 10.6 Å². The zero-order chi connectivity index (χ0) is 28.6. The molecule has 8 heteroatoms. The number of carbonyl (C=O) groups excluding carboxylic acids is 2. The summed E-state index contributed by atoms with van der Waals surface area (Å²) in [6.45, 7) is 7.58. The van der Waals surface area contributed by atoms with Gasteiger partial charge in [-0.3, -0.25) is 10.1 Å². The molecule has 4 N–H and O–H groups in total. The first-order valence-corrected chi connectivity index (χ1v) is 14.8. The zero-order valence-electron chi connectivity index (χ0n) is 24.1. The Balaban J connectivity index is 1.35. The number of nitrogens with zero attached hydrogens (tertiary/aromatic N) is 2. The maximum atomic E-state index is 13.5. The van der Waals surface area contributed by atoms with Crippen LogP contribution in [-0.2, 0) is 25.7 Å². The summed E-state index contributed by atoms with van der Waals surface area (Å²) in [5, 5.41) is 10.5. The summed E-state index contributed by atoms with van der Waals surface area (Å²) in [5.74, 6) is 0.506. The van der Waals surface area contributed by atoms with Crippen molar-refractivity contribution in [1.82, 2.24) is 25.5 Å². The molecule has 0 radical (unpaired) electrons. The predicted octanol–water partition coefficient (Wildman–Crippen LogP) is 5.08. The molecule has 0 aliphatic carbocycles. The summed E-state index contributed by atoms with van der Waals surface area (Å²) >= 11 is 0. The molecule has 1 saturated heterocycles. The molecule has 0 saturated carbocycles. The highest BCUT2D eigenvalue weighted by molar-refractivity contribution is 5.97. The van der Waals surface area contributed by atoms with E-state index < -0.39 is 0 Å². The molecule has 1 aliphatic rings. The Bertz CT molecular complexity index is 1490. The van der Waals surface area contributed by atoms with Crippen LogP contribution in [0.3, 0.4) is 0 Å². The van der Waals surface area contributed by atoms with Crippen LogP contribution in [0.5, 0.6) is 0 Å². The van der Waals surface area contributed by atoms with Crippen molar-refractivity contribution < 1.29 is 9.59 Å². The number of aryl methyl sites for hydroxylation is 2. The van der Waals surface area contributed by atoms with Gasteiger partial charge in [0.05, 0.1) is 11.3 Å². The first-order valence-electron chi connectivity index (χ1n) is 14.8. The summed E-state index contributed by atoms with van der Waals surface area (Å²) in [5.41, 5.74) is 6.82. The van der Waals surface area contributed by atoms with Crippen LogP contribution in [0, 0.1) is 0 Å². The number of anilines is 1. The number of para-hydroxylation sites is 1. The van der Waals surface area contributed by atoms with Crippen molar-refractivity contribution in [2.45, 2.75) is 46.0 Å². The number of carbonyl (C=O) groups is 2. The lowest BCUT2D eigenvalue weighted by molar-refractivity contribution is 0.0734. The van der Waals surface area contributed by atoms with Crippen molar-refractivity contribution in [2.75, 3.05) is 38.0 Å². The van der Waals surface area contributed by atoms with Gasteiger partial charge in [0.1, 0.15) is 5.82 Å². The fourth-order valence-electron chi connectivity index (χ4n) is 5.46. The van der Waals surface area contributed by atoms with E-state index in [2.05, 4.69) is 58.2 Å². The van der Waals surface area contributed by atoms with Crippen molar-refractivity contribution in [3.05, 3.63) is 94.3 Å². The molecule has 3 heterocycles. The van der Waals surface area contributed by atoms with E-state index in [1.807, 2.05) is 42.3 Å². The van der Waals surface area contributed by atoms with Crippen LogP contribution >= 0.6 is 0 Å². The van der Waals surface area contributed by atoms with Crippen LogP contribution in [0.15, 0.2) is 60.8 Å². The molecule has 1 aliphatic heterocycles. The van der Waals surface area contributed by atoms with Gasteiger partial charge in [-0.05, 0) is 48.1 Å². The predicted molar refractivity (Wildman–Crippen MR) is 165 cm³/mol. The summed E-state index contributed by atoms with van der Waals surface area (Å²) < 4.78 is 0. The molecule has 0 bridgehead atoms. The van der Waals surface area contributed by atoms with Gasteiger partial charge in [-0.2, -0.15) is 0 Å². The number of fused-ring (bicyclic) bond motifs is 1. The van der Waals surface area contributed by atoms with Gasteiger partial charge in [0.2, 0.25) is 0 Å². The van der Waals surface area contributed by atoms with E-state index >= 15 is 0 Å². The summed E-state index contributed by atoms with van der Waals surface area (Å²) in [7, 11) is 0. The Kier molecular flexibility index (Phi) is 9.31. The van der Waals surface area contributed by atoms with Gasteiger partial charge < -0.3 is 20.5 Å². The highest BCUT2D eigenvalue weighted by atomic mass is 16.2. The van der Waals surface area contributed by atoms with Crippen LogP contribution in [-0.4, -0.2) is 59.5 Å². The van der Waals surface area contributed by atoms with E-state index in [1.165, 1.54) is 10.9 Å². The Morgan fingerprint density at radius 3 is 2.46 bits per heavy atom. The minimum Gasteiger partial charge on any atom is -0.361 e. The SMILES string of the molecule is CCCc1ccc(Cc2cc(C(=O)N3CCNCC3)c(CC)nc2NC(=O)NCCc2c[nH]c3ccccc23)cc1. The maximum Gasteiger partial charge on any atom is 0.320 e. The Morgan fingerprint density at radius 1 is 0.951 bits per heavy atom. The molecule has 214 valence electrons. The molecule has 2 aromatic carbocycles. The Morgan fingerprint density at radius 2 is 1.71 bits per heavy atom. The lowest BCUT2D eigenvalue weighted by Crippen LogP contribution is -2.46. The number of nitrogens with one attached hydrogen (secondary N) is 4. The van der Waals surface area contributed by atoms with Crippen LogP contribution in [0.25, 0.3) is 10.9 Å². The first-order chi connectivity index (χ1) is 20.1. The van der Waals surface area contributed by atoms with Gasteiger partial charge in [-0.1, -0.05) is 62.7 Å². The fourth-order valence-corrected chi connectivity index (χ4v) is 5.46. The number of piperazine rings is 1. The number of hydrogen-bond acceptors (Lipinski definition) is 4. The summed E-state index contributed by atoms with van der Waals surface area (Å²) in [6, 6.07) is 18.4. The standard InChI is InChI=1S/C33H40N6O2/c1-3-7-23-10-12-24(13-11-23)20-26-21-28(32(40)39-18-16-34-17-19-39)29(4-2)37-31(26)38-33(41)35-15-14-25-22-36-30-9-6-5-8-27(25)30/h5-6,8-13,21-22,34,36H,3-4,7,14-20H2,1-2H3,(H2,35,37,38,41). The van der Waals surface area contributed by atoms with Crippen molar-refractivity contribution in [2.24, 2.45) is 0 Å². The molecule has 5 rings (SSSR count). The highest BCUT2D eigenvalue weighted by Crippen LogP contribution is 2.24. The largest absolute Gasteiger partial charge is 0.361 e. The van der Waals surface area contributed by atoms with Crippen molar-refractivity contribution in [1.29, 1.82) is 0 Å². The van der Waals surface area contributed by atoms with Crippen molar-refractivity contribution >= 4 is 28.7 Å². The number of pyridine rings is 1.